The van der Waals surface area contributed by atoms with Gasteiger partial charge in [0.1, 0.15) is 5.54 Å². The van der Waals surface area contributed by atoms with Gasteiger partial charge in [-0.05, 0) is 12.8 Å². The van der Waals surface area contributed by atoms with Crippen molar-refractivity contribution in [2.45, 2.75) is 31.2 Å². The number of aliphatic carboxylic acids is 1. The van der Waals surface area contributed by atoms with Crippen molar-refractivity contribution in [2.24, 2.45) is 0 Å². The fourth-order valence-corrected chi connectivity index (χ4v) is 2.32. The fourth-order valence-electron chi connectivity index (χ4n) is 2.32. The van der Waals surface area contributed by atoms with E-state index < -0.39 is 23.3 Å². The van der Waals surface area contributed by atoms with E-state index in [9.17, 15) is 19.5 Å². The molecule has 2 rings (SSSR count). The van der Waals surface area contributed by atoms with Crippen molar-refractivity contribution in [3.05, 3.63) is 12.2 Å². The number of carbonyl (C=O) groups is 3. The molecule has 1 aliphatic carbocycles. The van der Waals surface area contributed by atoms with Gasteiger partial charge in [0.25, 0.3) is 11.8 Å². The fraction of sp³-hybridized carbons (Fsp3) is 0.500. The number of hydrogen-bond donors (Lipinski definition) is 1. The molecule has 2 aliphatic rings. The lowest BCUT2D eigenvalue weighted by Gasteiger charge is -2.32. The van der Waals surface area contributed by atoms with Gasteiger partial charge in [-0.3, -0.25) is 14.5 Å². The molecule has 0 aromatic heterocycles. The molecule has 0 saturated heterocycles. The molecule has 1 N–H and O–H groups in total. The molecule has 0 unspecified atom stereocenters. The second-order valence-corrected chi connectivity index (χ2v) is 3.89. The Morgan fingerprint density at radius 1 is 1.20 bits per heavy atom. The molecule has 1 fully saturated rings. The van der Waals surface area contributed by atoms with E-state index >= 15 is 0 Å². The second kappa shape index (κ2) is 3.18. The lowest BCUT2D eigenvalue weighted by molar-refractivity contribution is -0.161. The highest BCUT2D eigenvalue weighted by molar-refractivity contribution is 6.15. The maximum atomic E-state index is 11.4. The molecule has 2 amide bonds. The SMILES string of the molecule is O=C1C=CC(=O)N1C1(C(=O)O)CCCC1. The van der Waals surface area contributed by atoms with Crippen LogP contribution in [0.3, 0.4) is 0 Å². The van der Waals surface area contributed by atoms with Crippen LogP contribution in [0.25, 0.3) is 0 Å². The number of amides is 2. The van der Waals surface area contributed by atoms with Crippen LogP contribution in [0.1, 0.15) is 25.7 Å². The molecule has 15 heavy (non-hydrogen) atoms. The van der Waals surface area contributed by atoms with Gasteiger partial charge in [-0.1, -0.05) is 12.8 Å². The zero-order valence-electron chi connectivity index (χ0n) is 8.10. The molecule has 1 heterocycles. The molecule has 1 aliphatic heterocycles. The Balaban J connectivity index is 2.38. The molecule has 0 spiro atoms. The van der Waals surface area contributed by atoms with Crippen LogP contribution in [0, 0.1) is 0 Å². The van der Waals surface area contributed by atoms with Crippen LogP contribution in [0.15, 0.2) is 12.2 Å². The highest BCUT2D eigenvalue weighted by Crippen LogP contribution is 2.37. The standard InChI is InChI=1S/C10H11NO4/c12-7-3-4-8(13)11(7)10(9(14)15)5-1-2-6-10/h3-4H,1-2,5-6H2,(H,14,15). The minimum atomic E-state index is -1.29. The molecule has 0 aromatic rings. The number of hydrogen-bond acceptors (Lipinski definition) is 3. The first-order valence-electron chi connectivity index (χ1n) is 4.87. The van der Waals surface area contributed by atoms with Gasteiger partial charge in [0.15, 0.2) is 0 Å². The summed E-state index contributed by atoms with van der Waals surface area (Å²) in [6, 6.07) is 0. The van der Waals surface area contributed by atoms with Gasteiger partial charge in [-0.2, -0.15) is 0 Å². The lowest BCUT2D eigenvalue weighted by atomic mass is 9.95. The minimum absolute atomic E-state index is 0.363. The van der Waals surface area contributed by atoms with Crippen molar-refractivity contribution in [3.8, 4) is 0 Å². The van der Waals surface area contributed by atoms with E-state index in [1.165, 1.54) is 0 Å². The van der Waals surface area contributed by atoms with E-state index in [0.29, 0.717) is 12.8 Å². The van der Waals surface area contributed by atoms with Gasteiger partial charge in [-0.25, -0.2) is 4.79 Å². The predicted octanol–water partition coefficient (Wildman–Crippen LogP) is 0.309. The molecule has 5 nitrogen and oxygen atoms in total. The Morgan fingerprint density at radius 2 is 1.67 bits per heavy atom. The molecule has 1 saturated carbocycles. The molecule has 0 radical (unpaired) electrons. The maximum absolute atomic E-state index is 11.4. The Labute approximate surface area is 86.4 Å². The molecule has 80 valence electrons. The van der Waals surface area contributed by atoms with Crippen LogP contribution in [0.4, 0.5) is 0 Å². The molecular weight excluding hydrogens is 198 g/mol. The highest BCUT2D eigenvalue weighted by Gasteiger charge is 2.51. The number of carbonyl (C=O) groups excluding carboxylic acids is 2. The average molecular weight is 209 g/mol. The topological polar surface area (TPSA) is 74.7 Å². The minimum Gasteiger partial charge on any atom is -0.479 e. The van der Waals surface area contributed by atoms with Crippen LogP contribution in [0.5, 0.6) is 0 Å². The van der Waals surface area contributed by atoms with E-state index in [1.807, 2.05) is 0 Å². The zero-order valence-corrected chi connectivity index (χ0v) is 8.10. The van der Waals surface area contributed by atoms with Gasteiger partial charge in [0, 0.05) is 12.2 Å². The van der Waals surface area contributed by atoms with E-state index in [0.717, 1.165) is 29.9 Å². The molecule has 0 aromatic carbocycles. The predicted molar refractivity (Wildman–Crippen MR) is 49.8 cm³/mol. The van der Waals surface area contributed by atoms with Crippen molar-refractivity contribution in [3.63, 3.8) is 0 Å². The third kappa shape index (κ3) is 1.26. The normalized spacial score (nSPS) is 23.9. The summed E-state index contributed by atoms with van der Waals surface area (Å²) in [5.74, 6) is -2.10. The van der Waals surface area contributed by atoms with E-state index in [2.05, 4.69) is 0 Å². The van der Waals surface area contributed by atoms with Crippen LogP contribution in [-0.4, -0.2) is 33.3 Å². The van der Waals surface area contributed by atoms with Crippen molar-refractivity contribution >= 4 is 17.8 Å². The third-order valence-corrected chi connectivity index (χ3v) is 3.07. The molecular formula is C10H11NO4. The van der Waals surface area contributed by atoms with Crippen molar-refractivity contribution in [1.82, 2.24) is 4.90 Å². The van der Waals surface area contributed by atoms with E-state index in [4.69, 9.17) is 0 Å². The Hall–Kier alpha value is -1.65. The largest absolute Gasteiger partial charge is 0.479 e. The first-order valence-corrected chi connectivity index (χ1v) is 4.87. The van der Waals surface area contributed by atoms with Gasteiger partial charge in [-0.15, -0.1) is 0 Å². The number of carboxylic acid groups (broad SMARTS) is 1. The quantitative estimate of drug-likeness (QED) is 0.664. The smallest absolute Gasteiger partial charge is 0.330 e. The van der Waals surface area contributed by atoms with E-state index in [1.54, 1.807) is 0 Å². The van der Waals surface area contributed by atoms with Gasteiger partial charge < -0.3 is 5.11 Å². The van der Waals surface area contributed by atoms with Crippen LogP contribution < -0.4 is 0 Å². The van der Waals surface area contributed by atoms with Crippen molar-refractivity contribution in [1.29, 1.82) is 0 Å². The third-order valence-electron chi connectivity index (χ3n) is 3.07. The van der Waals surface area contributed by atoms with Gasteiger partial charge >= 0.3 is 5.97 Å². The summed E-state index contributed by atoms with van der Waals surface area (Å²) in [6.07, 6.45) is 4.46. The molecule has 0 atom stereocenters. The Bertz CT molecular complexity index is 348. The monoisotopic (exact) mass is 209 g/mol. The van der Waals surface area contributed by atoms with Crippen LogP contribution in [-0.2, 0) is 14.4 Å². The number of rotatable bonds is 2. The highest BCUT2D eigenvalue weighted by atomic mass is 16.4. The van der Waals surface area contributed by atoms with Crippen LogP contribution >= 0.6 is 0 Å². The van der Waals surface area contributed by atoms with Crippen LogP contribution in [0.2, 0.25) is 0 Å². The summed E-state index contributed by atoms with van der Waals surface area (Å²) in [5, 5.41) is 9.19. The lowest BCUT2D eigenvalue weighted by Crippen LogP contribution is -2.55. The first kappa shape index (κ1) is 9.89. The summed E-state index contributed by atoms with van der Waals surface area (Å²) in [6.45, 7) is 0. The molecule has 0 bridgehead atoms. The van der Waals surface area contributed by atoms with Gasteiger partial charge in [0.2, 0.25) is 0 Å². The first-order chi connectivity index (χ1) is 7.08. The Kier molecular flexibility index (Phi) is 2.10. The Morgan fingerprint density at radius 3 is 2.07 bits per heavy atom. The zero-order chi connectivity index (χ0) is 11.1. The summed E-state index contributed by atoms with van der Waals surface area (Å²) in [5.41, 5.74) is -1.29. The molecule has 5 heteroatoms. The number of nitrogens with zero attached hydrogens (tertiary/aromatic N) is 1. The number of imide groups is 1. The summed E-state index contributed by atoms with van der Waals surface area (Å²) in [4.78, 5) is 35.0. The maximum Gasteiger partial charge on any atom is 0.330 e. The summed E-state index contributed by atoms with van der Waals surface area (Å²) >= 11 is 0. The van der Waals surface area contributed by atoms with Crippen molar-refractivity contribution in [2.75, 3.05) is 0 Å². The van der Waals surface area contributed by atoms with Crippen molar-refractivity contribution < 1.29 is 19.5 Å². The van der Waals surface area contributed by atoms with Gasteiger partial charge in [0.05, 0.1) is 0 Å². The summed E-state index contributed by atoms with van der Waals surface area (Å²) < 4.78 is 0. The average Bonchev–Trinajstić information content (AvgIpc) is 2.74. The second-order valence-electron chi connectivity index (χ2n) is 3.89. The number of carboxylic acids is 1. The summed E-state index contributed by atoms with van der Waals surface area (Å²) in [7, 11) is 0. The van der Waals surface area contributed by atoms with E-state index in [-0.39, 0.29) is 0 Å².